The molecular formula is C5H6N3S+. The van der Waals surface area contributed by atoms with E-state index < -0.39 is 0 Å². The van der Waals surface area contributed by atoms with E-state index in [0.29, 0.717) is 0 Å². The van der Waals surface area contributed by atoms with E-state index in [-0.39, 0.29) is 0 Å². The summed E-state index contributed by atoms with van der Waals surface area (Å²) >= 11 is 4.20. The van der Waals surface area contributed by atoms with Crippen molar-refractivity contribution in [2.75, 3.05) is 0 Å². The van der Waals surface area contributed by atoms with Gasteiger partial charge >= 0.3 is 6.33 Å². The SMILES string of the molecule is SC1=Cn2cnc[n+]2C1. The summed E-state index contributed by atoms with van der Waals surface area (Å²) in [6.07, 6.45) is 5.47. The van der Waals surface area contributed by atoms with Gasteiger partial charge in [-0.15, -0.1) is 17.3 Å². The molecule has 46 valence electrons. The van der Waals surface area contributed by atoms with Crippen molar-refractivity contribution in [1.82, 2.24) is 9.67 Å². The molecule has 9 heavy (non-hydrogen) atoms. The van der Waals surface area contributed by atoms with Crippen molar-refractivity contribution in [2.24, 2.45) is 0 Å². The van der Waals surface area contributed by atoms with Crippen LogP contribution in [0.2, 0.25) is 0 Å². The van der Waals surface area contributed by atoms with Crippen LogP contribution in [0.5, 0.6) is 0 Å². The lowest BCUT2D eigenvalue weighted by Gasteiger charge is -1.83. The second-order valence-electron chi connectivity index (χ2n) is 1.98. The zero-order valence-corrected chi connectivity index (χ0v) is 5.62. The van der Waals surface area contributed by atoms with Gasteiger partial charge < -0.3 is 0 Å². The van der Waals surface area contributed by atoms with Gasteiger partial charge in [-0.1, -0.05) is 0 Å². The molecule has 1 aromatic rings. The molecule has 0 saturated heterocycles. The number of hydrogen-bond acceptors (Lipinski definition) is 2. The Morgan fingerprint density at radius 1 is 1.78 bits per heavy atom. The second-order valence-corrected chi connectivity index (χ2v) is 2.55. The predicted octanol–water partition coefficient (Wildman–Crippen LogP) is -0.0876. The average Bonchev–Trinajstić information content (AvgIpc) is 2.22. The first-order chi connectivity index (χ1) is 4.36. The Morgan fingerprint density at radius 3 is 3.44 bits per heavy atom. The van der Waals surface area contributed by atoms with Crippen LogP contribution < -0.4 is 4.68 Å². The van der Waals surface area contributed by atoms with Crippen LogP contribution in [-0.2, 0) is 6.54 Å². The van der Waals surface area contributed by atoms with Gasteiger partial charge in [0.05, 0.1) is 6.20 Å². The molecule has 0 fully saturated rings. The van der Waals surface area contributed by atoms with Crippen molar-refractivity contribution >= 4 is 18.8 Å². The third kappa shape index (κ3) is 0.666. The lowest BCUT2D eigenvalue weighted by atomic mass is 10.6. The highest BCUT2D eigenvalue weighted by atomic mass is 32.1. The Morgan fingerprint density at radius 2 is 2.67 bits per heavy atom. The first-order valence-electron chi connectivity index (χ1n) is 2.67. The number of thiol groups is 1. The van der Waals surface area contributed by atoms with Gasteiger partial charge in [-0.3, -0.25) is 0 Å². The van der Waals surface area contributed by atoms with E-state index in [1.165, 1.54) is 0 Å². The summed E-state index contributed by atoms with van der Waals surface area (Å²) in [5.74, 6) is 0. The minimum absolute atomic E-state index is 0.850. The highest BCUT2D eigenvalue weighted by Gasteiger charge is 2.13. The topological polar surface area (TPSA) is 21.7 Å². The van der Waals surface area contributed by atoms with Crippen LogP contribution in [0.15, 0.2) is 17.6 Å². The van der Waals surface area contributed by atoms with Crippen LogP contribution in [0.3, 0.4) is 0 Å². The summed E-state index contributed by atoms with van der Waals surface area (Å²) < 4.78 is 3.88. The molecule has 0 unspecified atom stereocenters. The molecule has 0 N–H and O–H groups in total. The third-order valence-corrected chi connectivity index (χ3v) is 1.54. The van der Waals surface area contributed by atoms with Crippen LogP contribution in [0, 0.1) is 0 Å². The number of allylic oxidation sites excluding steroid dienone is 1. The Bertz CT molecular complexity index is 263. The van der Waals surface area contributed by atoms with Crippen molar-refractivity contribution in [3.8, 4) is 0 Å². The lowest BCUT2D eigenvalue weighted by molar-refractivity contribution is -0.751. The molecule has 0 spiro atoms. The molecule has 4 heteroatoms. The van der Waals surface area contributed by atoms with Crippen molar-refractivity contribution in [1.29, 1.82) is 0 Å². The Hall–Kier alpha value is -0.770. The van der Waals surface area contributed by atoms with Gasteiger partial charge in [0.2, 0.25) is 6.33 Å². The van der Waals surface area contributed by atoms with Gasteiger partial charge in [-0.25, -0.2) is 0 Å². The fourth-order valence-electron chi connectivity index (χ4n) is 0.890. The standard InChI is InChI=1S/C5H5N3S/c9-5-1-7-3-6-4-8(7)2-5/h1,3-4H,2H2/p+1. The minimum Gasteiger partial charge on any atom is -0.154 e. The summed E-state index contributed by atoms with van der Waals surface area (Å²) in [6, 6.07) is 0. The number of fused-ring (bicyclic) bond motifs is 1. The molecule has 2 heterocycles. The highest BCUT2D eigenvalue weighted by Crippen LogP contribution is 2.05. The first-order valence-corrected chi connectivity index (χ1v) is 3.12. The summed E-state index contributed by atoms with van der Waals surface area (Å²) in [7, 11) is 0. The fourth-order valence-corrected chi connectivity index (χ4v) is 1.15. The minimum atomic E-state index is 0.850. The molecule has 0 amide bonds. The van der Waals surface area contributed by atoms with E-state index in [1.54, 1.807) is 12.7 Å². The number of rotatable bonds is 0. The fraction of sp³-hybridized carbons (Fsp3) is 0.200. The molecule has 1 aliphatic heterocycles. The Labute approximate surface area is 58.0 Å². The molecule has 1 aliphatic rings. The maximum Gasteiger partial charge on any atom is 0.307 e. The highest BCUT2D eigenvalue weighted by molar-refractivity contribution is 7.84. The Kier molecular flexibility index (Phi) is 0.900. The predicted molar refractivity (Wildman–Crippen MR) is 35.7 cm³/mol. The van der Waals surface area contributed by atoms with Crippen molar-refractivity contribution in [3.05, 3.63) is 17.6 Å². The Balaban J connectivity index is 2.55. The molecule has 0 aliphatic carbocycles. The van der Waals surface area contributed by atoms with E-state index in [2.05, 4.69) is 17.6 Å². The van der Waals surface area contributed by atoms with Gasteiger partial charge in [0.15, 0.2) is 0 Å². The van der Waals surface area contributed by atoms with Gasteiger partial charge in [-0.05, 0) is 4.98 Å². The lowest BCUT2D eigenvalue weighted by Crippen LogP contribution is -2.36. The smallest absolute Gasteiger partial charge is 0.154 e. The van der Waals surface area contributed by atoms with Crippen LogP contribution in [0.4, 0.5) is 0 Å². The molecule has 3 nitrogen and oxygen atoms in total. The summed E-state index contributed by atoms with van der Waals surface area (Å²) in [5.41, 5.74) is 0. The third-order valence-electron chi connectivity index (χ3n) is 1.29. The summed E-state index contributed by atoms with van der Waals surface area (Å²) in [5, 5.41) is 0. The molecule has 0 saturated carbocycles. The van der Waals surface area contributed by atoms with E-state index >= 15 is 0 Å². The van der Waals surface area contributed by atoms with Crippen molar-refractivity contribution < 1.29 is 4.68 Å². The molecular weight excluding hydrogens is 134 g/mol. The molecule has 0 radical (unpaired) electrons. The van der Waals surface area contributed by atoms with Crippen molar-refractivity contribution in [2.45, 2.75) is 6.54 Å². The number of hydrogen-bond donors (Lipinski definition) is 1. The second kappa shape index (κ2) is 1.60. The van der Waals surface area contributed by atoms with Crippen LogP contribution in [0.1, 0.15) is 0 Å². The van der Waals surface area contributed by atoms with Gasteiger partial charge in [-0.2, -0.15) is 4.68 Å². The molecule has 0 atom stereocenters. The van der Waals surface area contributed by atoms with Crippen LogP contribution in [0.25, 0.3) is 6.20 Å². The quantitative estimate of drug-likeness (QED) is 0.395. The average molecular weight is 140 g/mol. The van der Waals surface area contributed by atoms with Crippen LogP contribution >= 0.6 is 12.6 Å². The van der Waals surface area contributed by atoms with E-state index in [4.69, 9.17) is 0 Å². The zero-order valence-electron chi connectivity index (χ0n) is 4.73. The molecule has 0 bridgehead atoms. The normalized spacial score (nSPS) is 15.4. The summed E-state index contributed by atoms with van der Waals surface area (Å²) in [4.78, 5) is 4.99. The number of nitrogens with zero attached hydrogens (tertiary/aromatic N) is 3. The zero-order chi connectivity index (χ0) is 6.27. The van der Waals surface area contributed by atoms with Gasteiger partial charge in [0.25, 0.3) is 0 Å². The number of aromatic nitrogens is 3. The molecule has 2 rings (SSSR count). The summed E-state index contributed by atoms with van der Waals surface area (Å²) in [6.45, 7) is 0.850. The maximum atomic E-state index is 4.20. The van der Waals surface area contributed by atoms with Gasteiger partial charge in [0.1, 0.15) is 6.54 Å². The largest absolute Gasteiger partial charge is 0.307 e. The first kappa shape index (κ1) is 5.05. The monoisotopic (exact) mass is 140 g/mol. The maximum absolute atomic E-state index is 4.20. The molecule has 0 aromatic carbocycles. The van der Waals surface area contributed by atoms with E-state index in [9.17, 15) is 0 Å². The van der Waals surface area contributed by atoms with E-state index in [1.807, 2.05) is 15.6 Å². The van der Waals surface area contributed by atoms with Gasteiger partial charge in [0, 0.05) is 4.91 Å². The van der Waals surface area contributed by atoms with Crippen LogP contribution in [-0.4, -0.2) is 9.67 Å². The molecule has 1 aromatic heterocycles. The van der Waals surface area contributed by atoms with Crippen molar-refractivity contribution in [3.63, 3.8) is 0 Å². The van der Waals surface area contributed by atoms with E-state index in [0.717, 1.165) is 11.4 Å².